The molecule has 0 saturated carbocycles. The van der Waals surface area contributed by atoms with E-state index < -0.39 is 35.5 Å². The second-order valence-electron chi connectivity index (χ2n) is 8.10. The summed E-state index contributed by atoms with van der Waals surface area (Å²) >= 11 is 0. The first-order valence-corrected chi connectivity index (χ1v) is 10.1. The average molecular weight is 432 g/mol. The third kappa shape index (κ3) is 4.64. The van der Waals surface area contributed by atoms with Gasteiger partial charge in [-0.15, -0.1) is 0 Å². The van der Waals surface area contributed by atoms with Crippen LogP contribution in [0.2, 0.25) is 0 Å². The van der Waals surface area contributed by atoms with Crippen LogP contribution in [-0.4, -0.2) is 6.61 Å². The van der Waals surface area contributed by atoms with Gasteiger partial charge in [-0.25, -0.2) is 22.0 Å². The van der Waals surface area contributed by atoms with Crippen molar-refractivity contribution in [1.29, 1.82) is 0 Å². The topological polar surface area (TPSA) is 9.23 Å². The molecular weight excluding hydrogens is 411 g/mol. The molecule has 1 aliphatic heterocycles. The number of halogens is 5. The molecule has 4 rings (SSSR count). The minimum absolute atomic E-state index is 0.0256. The molecule has 1 saturated heterocycles. The molecule has 0 spiro atoms. The van der Waals surface area contributed by atoms with E-state index in [0.717, 1.165) is 30.5 Å². The summed E-state index contributed by atoms with van der Waals surface area (Å²) in [4.78, 5) is 0. The van der Waals surface area contributed by atoms with Crippen LogP contribution in [0, 0.1) is 35.0 Å². The number of hydrogen-bond acceptors (Lipinski definition) is 1. The van der Waals surface area contributed by atoms with Crippen molar-refractivity contribution >= 4 is 0 Å². The third-order valence-electron chi connectivity index (χ3n) is 5.68. The van der Waals surface area contributed by atoms with Gasteiger partial charge < -0.3 is 4.74 Å². The summed E-state index contributed by atoms with van der Waals surface area (Å²) in [7, 11) is 0. The van der Waals surface area contributed by atoms with Crippen LogP contribution in [0.5, 0.6) is 0 Å². The van der Waals surface area contributed by atoms with Crippen LogP contribution < -0.4 is 0 Å². The highest BCUT2D eigenvalue weighted by Crippen LogP contribution is 2.32. The molecule has 0 amide bonds. The Bertz CT molecular complexity index is 1040. The molecule has 0 N–H and O–H groups in total. The Kier molecular flexibility index (Phi) is 6.10. The largest absolute Gasteiger partial charge is 0.373 e. The normalized spacial score (nSPS) is 18.9. The van der Waals surface area contributed by atoms with Crippen molar-refractivity contribution in [1.82, 2.24) is 0 Å². The number of benzene rings is 3. The highest BCUT2D eigenvalue weighted by atomic mass is 19.2. The van der Waals surface area contributed by atoms with Crippen molar-refractivity contribution in [2.45, 2.75) is 32.3 Å². The summed E-state index contributed by atoms with van der Waals surface area (Å²) in [5.74, 6) is -5.55. The van der Waals surface area contributed by atoms with Gasteiger partial charge >= 0.3 is 0 Å². The number of rotatable bonds is 4. The van der Waals surface area contributed by atoms with E-state index in [1.54, 1.807) is 12.1 Å². The van der Waals surface area contributed by atoms with E-state index in [9.17, 15) is 22.0 Å². The van der Waals surface area contributed by atoms with E-state index in [4.69, 9.17) is 4.74 Å². The molecule has 1 aliphatic rings. The number of hydrogen-bond donors (Lipinski definition) is 0. The lowest BCUT2D eigenvalue weighted by Gasteiger charge is -2.27. The summed E-state index contributed by atoms with van der Waals surface area (Å²) in [5, 5.41) is 0. The van der Waals surface area contributed by atoms with Gasteiger partial charge in [0, 0.05) is 18.6 Å². The van der Waals surface area contributed by atoms with Crippen molar-refractivity contribution in [2.24, 2.45) is 5.92 Å². The zero-order chi connectivity index (χ0) is 22.1. The van der Waals surface area contributed by atoms with Gasteiger partial charge in [0.05, 0.1) is 6.10 Å². The van der Waals surface area contributed by atoms with Gasteiger partial charge in [-0.1, -0.05) is 31.2 Å². The fourth-order valence-electron chi connectivity index (χ4n) is 3.89. The maximum Gasteiger partial charge on any atom is 0.194 e. The van der Waals surface area contributed by atoms with Gasteiger partial charge in [-0.05, 0) is 65.3 Å². The minimum Gasteiger partial charge on any atom is -0.373 e. The molecule has 162 valence electrons. The lowest BCUT2D eigenvalue weighted by atomic mass is 9.94. The lowest BCUT2D eigenvalue weighted by Crippen LogP contribution is -2.18. The molecule has 31 heavy (non-hydrogen) atoms. The average Bonchev–Trinajstić information content (AvgIpc) is 2.75. The van der Waals surface area contributed by atoms with Gasteiger partial charge in [0.1, 0.15) is 11.6 Å². The van der Waals surface area contributed by atoms with Crippen LogP contribution in [0.3, 0.4) is 0 Å². The summed E-state index contributed by atoms with van der Waals surface area (Å²) in [5.41, 5.74) is 1.60. The molecule has 0 bridgehead atoms. The van der Waals surface area contributed by atoms with Crippen LogP contribution >= 0.6 is 0 Å². The van der Waals surface area contributed by atoms with Crippen molar-refractivity contribution in [3.8, 4) is 11.1 Å². The first-order valence-electron chi connectivity index (χ1n) is 10.1. The highest BCUT2D eigenvalue weighted by molar-refractivity contribution is 5.64. The van der Waals surface area contributed by atoms with Gasteiger partial charge in [0.25, 0.3) is 0 Å². The fourth-order valence-corrected chi connectivity index (χ4v) is 3.89. The summed E-state index contributed by atoms with van der Waals surface area (Å²) < 4.78 is 75.1. The van der Waals surface area contributed by atoms with E-state index in [-0.39, 0.29) is 17.2 Å². The summed E-state index contributed by atoms with van der Waals surface area (Å²) in [6, 6.07) is 11.2. The van der Waals surface area contributed by atoms with Crippen LogP contribution in [-0.2, 0) is 11.2 Å². The zero-order valence-electron chi connectivity index (χ0n) is 16.9. The van der Waals surface area contributed by atoms with E-state index in [1.807, 2.05) is 12.1 Å². The zero-order valence-corrected chi connectivity index (χ0v) is 16.9. The Labute approximate surface area is 177 Å². The molecule has 3 aromatic rings. The van der Waals surface area contributed by atoms with Gasteiger partial charge in [-0.3, -0.25) is 0 Å². The molecule has 2 unspecified atom stereocenters. The fraction of sp³-hybridized carbons (Fsp3) is 0.280. The van der Waals surface area contributed by atoms with Crippen molar-refractivity contribution in [3.05, 3.63) is 94.3 Å². The van der Waals surface area contributed by atoms with Gasteiger partial charge in [0.15, 0.2) is 17.5 Å². The molecule has 6 heteroatoms. The molecule has 1 nitrogen and oxygen atoms in total. The van der Waals surface area contributed by atoms with Crippen molar-refractivity contribution in [2.75, 3.05) is 6.61 Å². The minimum atomic E-state index is -1.61. The second kappa shape index (κ2) is 8.79. The Morgan fingerprint density at radius 2 is 1.39 bits per heavy atom. The van der Waals surface area contributed by atoms with E-state index >= 15 is 0 Å². The highest BCUT2D eigenvalue weighted by Gasteiger charge is 2.21. The molecule has 0 radical (unpaired) electrons. The van der Waals surface area contributed by atoms with Crippen molar-refractivity contribution in [3.63, 3.8) is 0 Å². The van der Waals surface area contributed by atoms with Gasteiger partial charge in [-0.2, -0.15) is 0 Å². The van der Waals surface area contributed by atoms with E-state index in [2.05, 4.69) is 6.92 Å². The third-order valence-corrected chi connectivity index (χ3v) is 5.68. The van der Waals surface area contributed by atoms with Crippen LogP contribution in [0.15, 0.2) is 48.5 Å². The Balaban J connectivity index is 1.56. The predicted molar refractivity (Wildman–Crippen MR) is 108 cm³/mol. The maximum absolute atomic E-state index is 14.6. The van der Waals surface area contributed by atoms with Crippen LogP contribution in [0.4, 0.5) is 22.0 Å². The molecule has 0 aliphatic carbocycles. The van der Waals surface area contributed by atoms with Crippen molar-refractivity contribution < 1.29 is 26.7 Å². The maximum atomic E-state index is 14.6. The van der Waals surface area contributed by atoms with Crippen LogP contribution in [0.1, 0.15) is 42.6 Å². The van der Waals surface area contributed by atoms with E-state index in [0.29, 0.717) is 23.7 Å². The summed E-state index contributed by atoms with van der Waals surface area (Å²) in [6.45, 7) is 2.86. The molecule has 1 heterocycles. The second-order valence-corrected chi connectivity index (χ2v) is 8.10. The van der Waals surface area contributed by atoms with Crippen LogP contribution in [0.25, 0.3) is 11.1 Å². The molecule has 1 fully saturated rings. The first kappa shape index (κ1) is 21.5. The molecule has 0 aromatic heterocycles. The lowest BCUT2D eigenvalue weighted by molar-refractivity contribution is -0.0123. The molecular formula is C25H21F5O. The van der Waals surface area contributed by atoms with E-state index in [1.165, 1.54) is 12.1 Å². The Morgan fingerprint density at radius 3 is 1.94 bits per heavy atom. The summed E-state index contributed by atoms with van der Waals surface area (Å²) in [6.07, 6.45) is 1.65. The first-order chi connectivity index (χ1) is 14.8. The Hall–Kier alpha value is -2.73. The predicted octanol–water partition coefficient (Wildman–Crippen LogP) is 7.13. The Morgan fingerprint density at radius 1 is 0.774 bits per heavy atom. The smallest absolute Gasteiger partial charge is 0.194 e. The SMILES string of the molecule is CC1CCC(c2ccc(-c3cc(F)c(Cc4cc(F)c(F)c(F)c4)c(F)c3)cc2)OC1. The van der Waals surface area contributed by atoms with Gasteiger partial charge in [0.2, 0.25) is 0 Å². The number of ether oxygens (including phenoxy) is 1. The monoisotopic (exact) mass is 432 g/mol. The molecule has 2 atom stereocenters. The molecule has 3 aromatic carbocycles. The standard InChI is InChI=1S/C25H21F5O/c1-14-2-7-24(31-13-14)17-5-3-16(4-6-17)18-11-20(26)19(21(27)12-18)8-15-9-22(28)25(30)23(29)10-15/h3-6,9-12,14,24H,2,7-8,13H2,1H3. The quantitative estimate of drug-likeness (QED) is 0.315.